The van der Waals surface area contributed by atoms with Gasteiger partial charge in [0.05, 0.1) is 35.4 Å². The summed E-state index contributed by atoms with van der Waals surface area (Å²) in [7, 11) is 0. The van der Waals surface area contributed by atoms with Crippen LogP contribution in [0.25, 0.3) is 10.9 Å². The Kier molecular flexibility index (Phi) is 3.20. The standard InChI is InChI=1S/C16H10FN3O/c17-13-6-11(8-18)5-12(7-13)9-20-10-19-15-4-2-1-3-14(15)16(20)21/h1-7,10H,9H2. The molecule has 0 N–H and O–H groups in total. The highest BCUT2D eigenvalue weighted by Crippen LogP contribution is 2.10. The van der Waals surface area contributed by atoms with E-state index in [1.165, 1.54) is 17.0 Å². The van der Waals surface area contributed by atoms with Crippen molar-refractivity contribution >= 4 is 10.9 Å². The molecule has 0 atom stereocenters. The highest BCUT2D eigenvalue weighted by molar-refractivity contribution is 5.76. The van der Waals surface area contributed by atoms with Gasteiger partial charge in [0.1, 0.15) is 5.82 Å². The molecule has 0 aliphatic carbocycles. The number of fused-ring (bicyclic) bond motifs is 1. The molecule has 0 aliphatic rings. The van der Waals surface area contributed by atoms with Gasteiger partial charge in [-0.2, -0.15) is 5.26 Å². The third kappa shape index (κ3) is 2.51. The minimum absolute atomic E-state index is 0.170. The molecule has 0 amide bonds. The Balaban J connectivity index is 2.07. The maximum absolute atomic E-state index is 13.4. The van der Waals surface area contributed by atoms with Gasteiger partial charge in [-0.3, -0.25) is 9.36 Å². The lowest BCUT2D eigenvalue weighted by atomic mass is 10.1. The van der Waals surface area contributed by atoms with Crippen LogP contribution in [0.15, 0.2) is 53.6 Å². The summed E-state index contributed by atoms with van der Waals surface area (Å²) in [4.78, 5) is 16.5. The summed E-state index contributed by atoms with van der Waals surface area (Å²) in [6, 6.07) is 13.0. The number of rotatable bonds is 2. The van der Waals surface area contributed by atoms with Crippen LogP contribution in [0.5, 0.6) is 0 Å². The van der Waals surface area contributed by atoms with Crippen LogP contribution in [0.2, 0.25) is 0 Å². The SMILES string of the molecule is N#Cc1cc(F)cc(Cn2cnc3ccccc3c2=O)c1. The fourth-order valence-corrected chi connectivity index (χ4v) is 2.22. The van der Waals surface area contributed by atoms with Gasteiger partial charge >= 0.3 is 0 Å². The zero-order valence-electron chi connectivity index (χ0n) is 11.0. The number of benzene rings is 2. The summed E-state index contributed by atoms with van der Waals surface area (Å²) in [6.07, 6.45) is 1.43. The van der Waals surface area contributed by atoms with Crippen molar-refractivity contribution in [2.75, 3.05) is 0 Å². The first-order chi connectivity index (χ1) is 10.2. The van der Waals surface area contributed by atoms with E-state index in [0.717, 1.165) is 6.07 Å². The maximum atomic E-state index is 13.4. The topological polar surface area (TPSA) is 58.7 Å². The van der Waals surface area contributed by atoms with Crippen LogP contribution in [-0.2, 0) is 6.54 Å². The third-order valence-corrected chi connectivity index (χ3v) is 3.17. The summed E-state index contributed by atoms with van der Waals surface area (Å²) < 4.78 is 14.8. The number of aromatic nitrogens is 2. The quantitative estimate of drug-likeness (QED) is 0.724. The minimum atomic E-state index is -0.495. The van der Waals surface area contributed by atoms with E-state index >= 15 is 0 Å². The molecule has 5 heteroatoms. The second kappa shape index (κ2) is 5.17. The molecule has 102 valence electrons. The van der Waals surface area contributed by atoms with E-state index in [2.05, 4.69) is 4.98 Å². The Labute approximate surface area is 119 Å². The van der Waals surface area contributed by atoms with Crippen molar-refractivity contribution in [1.82, 2.24) is 9.55 Å². The molecular formula is C16H10FN3O. The second-order valence-electron chi connectivity index (χ2n) is 4.65. The number of para-hydroxylation sites is 1. The van der Waals surface area contributed by atoms with Crippen LogP contribution in [-0.4, -0.2) is 9.55 Å². The molecular weight excluding hydrogens is 269 g/mol. The van der Waals surface area contributed by atoms with Crippen molar-refractivity contribution in [3.8, 4) is 6.07 Å². The Hall–Kier alpha value is -3.00. The molecule has 21 heavy (non-hydrogen) atoms. The van der Waals surface area contributed by atoms with Crippen LogP contribution in [0.3, 0.4) is 0 Å². The monoisotopic (exact) mass is 279 g/mol. The Morgan fingerprint density at radius 2 is 2.05 bits per heavy atom. The summed E-state index contributed by atoms with van der Waals surface area (Å²) in [5.74, 6) is -0.495. The van der Waals surface area contributed by atoms with E-state index in [1.54, 1.807) is 24.3 Å². The number of hydrogen-bond donors (Lipinski definition) is 0. The van der Waals surface area contributed by atoms with Gasteiger partial charge in [0.25, 0.3) is 5.56 Å². The molecule has 0 fully saturated rings. The lowest BCUT2D eigenvalue weighted by molar-refractivity contribution is 0.622. The van der Waals surface area contributed by atoms with E-state index in [9.17, 15) is 9.18 Å². The van der Waals surface area contributed by atoms with E-state index < -0.39 is 5.82 Å². The number of hydrogen-bond acceptors (Lipinski definition) is 3. The van der Waals surface area contributed by atoms with Crippen LogP contribution in [0.1, 0.15) is 11.1 Å². The average Bonchev–Trinajstić information content (AvgIpc) is 2.50. The maximum Gasteiger partial charge on any atom is 0.261 e. The first kappa shape index (κ1) is 13.0. The molecule has 0 aliphatic heterocycles. The number of halogens is 1. The predicted molar refractivity (Wildman–Crippen MR) is 76.2 cm³/mol. The van der Waals surface area contributed by atoms with E-state index in [-0.39, 0.29) is 17.7 Å². The highest BCUT2D eigenvalue weighted by atomic mass is 19.1. The van der Waals surface area contributed by atoms with Crippen LogP contribution in [0.4, 0.5) is 4.39 Å². The molecule has 2 aromatic carbocycles. The van der Waals surface area contributed by atoms with Crippen molar-refractivity contribution in [1.29, 1.82) is 5.26 Å². The van der Waals surface area contributed by atoms with Crippen molar-refractivity contribution in [3.63, 3.8) is 0 Å². The average molecular weight is 279 g/mol. The molecule has 4 nitrogen and oxygen atoms in total. The van der Waals surface area contributed by atoms with Gasteiger partial charge in [0, 0.05) is 0 Å². The largest absolute Gasteiger partial charge is 0.294 e. The Bertz CT molecular complexity index is 925. The van der Waals surface area contributed by atoms with Gasteiger partial charge in [-0.05, 0) is 35.9 Å². The normalized spacial score (nSPS) is 10.5. The van der Waals surface area contributed by atoms with Crippen molar-refractivity contribution < 1.29 is 4.39 Å². The first-order valence-corrected chi connectivity index (χ1v) is 6.31. The molecule has 1 heterocycles. The van der Waals surface area contributed by atoms with Gasteiger partial charge in [-0.25, -0.2) is 9.37 Å². The number of nitrogens with zero attached hydrogens (tertiary/aromatic N) is 3. The molecule has 1 aromatic heterocycles. The van der Waals surface area contributed by atoms with Crippen molar-refractivity contribution in [3.05, 3.63) is 76.1 Å². The lowest BCUT2D eigenvalue weighted by Gasteiger charge is -2.07. The second-order valence-corrected chi connectivity index (χ2v) is 4.65. The summed E-state index contributed by atoms with van der Waals surface area (Å²) in [6.45, 7) is 0.170. The molecule has 0 saturated heterocycles. The van der Waals surface area contributed by atoms with Crippen molar-refractivity contribution in [2.24, 2.45) is 0 Å². The zero-order chi connectivity index (χ0) is 14.8. The van der Waals surface area contributed by atoms with Gasteiger partial charge < -0.3 is 0 Å². The predicted octanol–water partition coefficient (Wildman–Crippen LogP) is 2.46. The lowest BCUT2D eigenvalue weighted by Crippen LogP contribution is -2.21. The molecule has 0 saturated carbocycles. The molecule has 0 spiro atoms. The fourth-order valence-electron chi connectivity index (χ4n) is 2.22. The van der Waals surface area contributed by atoms with E-state index in [1.807, 2.05) is 12.1 Å². The highest BCUT2D eigenvalue weighted by Gasteiger charge is 2.06. The zero-order valence-corrected chi connectivity index (χ0v) is 11.0. The molecule has 0 unspecified atom stereocenters. The van der Waals surface area contributed by atoms with Gasteiger partial charge in [0.15, 0.2) is 0 Å². The molecule has 0 radical (unpaired) electrons. The van der Waals surface area contributed by atoms with Crippen LogP contribution < -0.4 is 5.56 Å². The summed E-state index contributed by atoms with van der Waals surface area (Å²) in [5, 5.41) is 9.36. The summed E-state index contributed by atoms with van der Waals surface area (Å²) >= 11 is 0. The fraction of sp³-hybridized carbons (Fsp3) is 0.0625. The van der Waals surface area contributed by atoms with Gasteiger partial charge in [-0.1, -0.05) is 12.1 Å². The molecule has 0 bridgehead atoms. The van der Waals surface area contributed by atoms with Crippen molar-refractivity contribution in [2.45, 2.75) is 6.54 Å². The van der Waals surface area contributed by atoms with Crippen LogP contribution >= 0.6 is 0 Å². The van der Waals surface area contributed by atoms with Gasteiger partial charge in [0.2, 0.25) is 0 Å². The smallest absolute Gasteiger partial charge is 0.261 e. The molecule has 3 aromatic rings. The number of nitriles is 1. The molecule has 3 rings (SSSR count). The third-order valence-electron chi connectivity index (χ3n) is 3.17. The Morgan fingerprint density at radius 1 is 1.24 bits per heavy atom. The summed E-state index contributed by atoms with van der Waals surface area (Å²) in [5.41, 5.74) is 1.21. The van der Waals surface area contributed by atoms with E-state index in [4.69, 9.17) is 5.26 Å². The minimum Gasteiger partial charge on any atom is -0.294 e. The Morgan fingerprint density at radius 3 is 2.86 bits per heavy atom. The first-order valence-electron chi connectivity index (χ1n) is 6.31. The van der Waals surface area contributed by atoms with Gasteiger partial charge in [-0.15, -0.1) is 0 Å². The van der Waals surface area contributed by atoms with E-state index in [0.29, 0.717) is 16.5 Å². The van der Waals surface area contributed by atoms with Crippen LogP contribution in [0, 0.1) is 17.1 Å².